The van der Waals surface area contributed by atoms with Gasteiger partial charge in [0.15, 0.2) is 0 Å². The van der Waals surface area contributed by atoms with Crippen LogP contribution >= 0.6 is 0 Å². The zero-order chi connectivity index (χ0) is 13.2. The number of nitrogens with one attached hydrogen (secondary N) is 1. The monoisotopic (exact) mass is 242 g/mol. The van der Waals surface area contributed by atoms with E-state index in [0.717, 1.165) is 17.7 Å². The van der Waals surface area contributed by atoms with Crippen molar-refractivity contribution in [2.75, 3.05) is 5.32 Å². The minimum Gasteiger partial charge on any atom is -0.376 e. The van der Waals surface area contributed by atoms with E-state index in [9.17, 15) is 4.91 Å². The Kier molecular flexibility index (Phi) is 3.32. The van der Waals surface area contributed by atoms with E-state index in [1.54, 1.807) is 12.1 Å². The van der Waals surface area contributed by atoms with Gasteiger partial charge in [-0.3, -0.25) is 0 Å². The van der Waals surface area contributed by atoms with Crippen LogP contribution in [0.1, 0.15) is 25.8 Å². The van der Waals surface area contributed by atoms with E-state index in [2.05, 4.69) is 42.6 Å². The van der Waals surface area contributed by atoms with Crippen molar-refractivity contribution in [2.45, 2.75) is 32.7 Å². The maximum atomic E-state index is 10.5. The highest BCUT2D eigenvalue weighted by atomic mass is 16.3. The molecule has 1 unspecified atom stereocenters. The minimum atomic E-state index is -0.0691. The number of rotatable bonds is 3. The molecule has 18 heavy (non-hydrogen) atoms. The molecule has 1 aromatic carbocycles. The molecule has 0 bridgehead atoms. The smallest absolute Gasteiger partial charge is 0.108 e. The fourth-order valence-corrected chi connectivity index (χ4v) is 2.07. The lowest BCUT2D eigenvalue weighted by Gasteiger charge is -2.31. The van der Waals surface area contributed by atoms with Crippen LogP contribution < -0.4 is 5.32 Å². The predicted molar refractivity (Wildman–Crippen MR) is 76.2 cm³/mol. The molecule has 0 amide bonds. The number of aryl methyl sites for hydroxylation is 1. The fourth-order valence-electron chi connectivity index (χ4n) is 2.07. The Hall–Kier alpha value is -1.90. The molecule has 1 aliphatic carbocycles. The van der Waals surface area contributed by atoms with E-state index in [1.807, 2.05) is 13.0 Å². The van der Waals surface area contributed by atoms with Crippen LogP contribution in [0, 0.1) is 11.8 Å². The van der Waals surface area contributed by atoms with Crippen LogP contribution in [0.5, 0.6) is 0 Å². The van der Waals surface area contributed by atoms with Gasteiger partial charge in [-0.15, -0.1) is 4.91 Å². The molecule has 0 saturated carbocycles. The summed E-state index contributed by atoms with van der Waals surface area (Å²) in [5, 5.41) is 6.47. The standard InChI is InChI=1S/C15H18N2O/c1-11-6-8-15(3,9-7-11)16-14-5-4-13(17-18)10-12(14)2/h4-8,10,16H,9H2,1-3H3. The molecular weight excluding hydrogens is 224 g/mol. The van der Waals surface area contributed by atoms with Crippen molar-refractivity contribution in [1.82, 2.24) is 0 Å². The van der Waals surface area contributed by atoms with Gasteiger partial charge in [-0.25, -0.2) is 0 Å². The number of hydrogen-bond acceptors (Lipinski definition) is 3. The normalized spacial score (nSPS) is 22.5. The van der Waals surface area contributed by atoms with Crippen LogP contribution in [0.4, 0.5) is 11.4 Å². The third kappa shape index (κ3) is 2.67. The van der Waals surface area contributed by atoms with Gasteiger partial charge in [0.25, 0.3) is 0 Å². The van der Waals surface area contributed by atoms with Crippen molar-refractivity contribution in [3.63, 3.8) is 0 Å². The highest BCUT2D eigenvalue weighted by Gasteiger charge is 2.22. The third-order valence-electron chi connectivity index (χ3n) is 3.30. The predicted octanol–water partition coefficient (Wildman–Crippen LogP) is 4.47. The first kappa shape index (κ1) is 12.6. The Morgan fingerprint density at radius 2 is 2.11 bits per heavy atom. The maximum absolute atomic E-state index is 10.5. The van der Waals surface area contributed by atoms with Gasteiger partial charge >= 0.3 is 0 Å². The molecule has 0 aromatic heterocycles. The first-order chi connectivity index (χ1) is 8.52. The van der Waals surface area contributed by atoms with Gasteiger partial charge in [0, 0.05) is 5.69 Å². The van der Waals surface area contributed by atoms with Crippen LogP contribution in [0.15, 0.2) is 47.2 Å². The molecule has 0 saturated heterocycles. The molecule has 0 aliphatic heterocycles. The highest BCUT2D eigenvalue weighted by molar-refractivity contribution is 5.59. The van der Waals surface area contributed by atoms with Gasteiger partial charge in [-0.2, -0.15) is 0 Å². The number of nitrogens with zero attached hydrogens (tertiary/aromatic N) is 1. The lowest BCUT2D eigenvalue weighted by Crippen LogP contribution is -2.33. The Bertz CT molecular complexity index is 531. The topological polar surface area (TPSA) is 41.5 Å². The summed E-state index contributed by atoms with van der Waals surface area (Å²) in [4.78, 5) is 10.5. The molecule has 0 radical (unpaired) electrons. The van der Waals surface area contributed by atoms with Crippen molar-refractivity contribution < 1.29 is 0 Å². The molecule has 0 spiro atoms. The molecule has 1 N–H and O–H groups in total. The Morgan fingerprint density at radius 3 is 2.67 bits per heavy atom. The molecule has 0 fully saturated rings. The Balaban J connectivity index is 2.20. The van der Waals surface area contributed by atoms with Gasteiger partial charge in [0.1, 0.15) is 5.69 Å². The van der Waals surface area contributed by atoms with E-state index in [-0.39, 0.29) is 5.54 Å². The Morgan fingerprint density at radius 1 is 1.33 bits per heavy atom. The van der Waals surface area contributed by atoms with Gasteiger partial charge in [0.2, 0.25) is 0 Å². The van der Waals surface area contributed by atoms with Crippen molar-refractivity contribution in [3.8, 4) is 0 Å². The van der Waals surface area contributed by atoms with Gasteiger partial charge in [-0.05, 0) is 56.1 Å². The van der Waals surface area contributed by atoms with Crippen LogP contribution in [0.25, 0.3) is 0 Å². The quantitative estimate of drug-likeness (QED) is 0.794. The molecule has 0 heterocycles. The zero-order valence-electron chi connectivity index (χ0n) is 11.0. The first-order valence-electron chi connectivity index (χ1n) is 6.11. The first-order valence-corrected chi connectivity index (χ1v) is 6.11. The van der Waals surface area contributed by atoms with E-state index in [0.29, 0.717) is 5.69 Å². The maximum Gasteiger partial charge on any atom is 0.108 e. The fraction of sp³-hybridized carbons (Fsp3) is 0.333. The second-order valence-electron chi connectivity index (χ2n) is 5.12. The van der Waals surface area contributed by atoms with Crippen LogP contribution in [0.2, 0.25) is 0 Å². The number of allylic oxidation sites excluding steroid dienone is 2. The molecule has 3 nitrogen and oxygen atoms in total. The number of benzene rings is 1. The second-order valence-corrected chi connectivity index (χ2v) is 5.12. The Labute approximate surface area is 108 Å². The number of nitroso groups, excluding NO2 is 1. The van der Waals surface area contributed by atoms with Crippen LogP contribution in [-0.2, 0) is 0 Å². The van der Waals surface area contributed by atoms with E-state index >= 15 is 0 Å². The third-order valence-corrected chi connectivity index (χ3v) is 3.30. The van der Waals surface area contributed by atoms with Crippen molar-refractivity contribution in [2.24, 2.45) is 5.18 Å². The van der Waals surface area contributed by atoms with Crippen molar-refractivity contribution >= 4 is 11.4 Å². The molecule has 2 rings (SSSR count). The van der Waals surface area contributed by atoms with Gasteiger partial charge in [-0.1, -0.05) is 23.8 Å². The summed E-state index contributed by atoms with van der Waals surface area (Å²) in [7, 11) is 0. The number of hydrogen-bond donors (Lipinski definition) is 1. The minimum absolute atomic E-state index is 0.0691. The molecule has 94 valence electrons. The average molecular weight is 242 g/mol. The summed E-state index contributed by atoms with van der Waals surface area (Å²) in [5.41, 5.74) is 3.78. The van der Waals surface area contributed by atoms with Gasteiger partial charge < -0.3 is 5.32 Å². The van der Waals surface area contributed by atoms with Crippen LogP contribution in [-0.4, -0.2) is 5.54 Å². The van der Waals surface area contributed by atoms with E-state index in [1.165, 1.54) is 5.57 Å². The van der Waals surface area contributed by atoms with E-state index < -0.39 is 0 Å². The van der Waals surface area contributed by atoms with Crippen molar-refractivity contribution in [1.29, 1.82) is 0 Å². The highest BCUT2D eigenvalue weighted by Crippen LogP contribution is 2.28. The zero-order valence-corrected chi connectivity index (χ0v) is 11.0. The summed E-state index contributed by atoms with van der Waals surface area (Å²) in [6.07, 6.45) is 7.51. The second kappa shape index (κ2) is 4.77. The van der Waals surface area contributed by atoms with Gasteiger partial charge in [0.05, 0.1) is 5.54 Å². The summed E-state index contributed by atoms with van der Waals surface area (Å²) in [5.74, 6) is 0. The lowest BCUT2D eigenvalue weighted by molar-refractivity contribution is 0.636. The number of anilines is 1. The van der Waals surface area contributed by atoms with Crippen molar-refractivity contribution in [3.05, 3.63) is 52.5 Å². The molecule has 1 aromatic rings. The van der Waals surface area contributed by atoms with Crippen LogP contribution in [0.3, 0.4) is 0 Å². The molecule has 1 aliphatic rings. The molecule has 3 heteroatoms. The SMILES string of the molecule is CC1=CCC(C)(Nc2ccc(N=O)cc2C)C=C1. The molecular formula is C15H18N2O. The average Bonchev–Trinajstić information content (AvgIpc) is 2.36. The lowest BCUT2D eigenvalue weighted by atomic mass is 9.90. The summed E-state index contributed by atoms with van der Waals surface area (Å²) >= 11 is 0. The summed E-state index contributed by atoms with van der Waals surface area (Å²) in [6, 6.07) is 5.45. The largest absolute Gasteiger partial charge is 0.376 e. The van der Waals surface area contributed by atoms with E-state index in [4.69, 9.17) is 0 Å². The summed E-state index contributed by atoms with van der Waals surface area (Å²) < 4.78 is 0. The summed E-state index contributed by atoms with van der Waals surface area (Å²) in [6.45, 7) is 6.25. The molecule has 1 atom stereocenters.